The number of alkyl halides is 3. The molecule has 0 aliphatic rings. The van der Waals surface area contributed by atoms with Crippen LogP contribution in [0.1, 0.15) is 10.4 Å². The maximum absolute atomic E-state index is 11.9. The van der Waals surface area contributed by atoms with Gasteiger partial charge in [-0.15, -0.1) is 0 Å². The van der Waals surface area contributed by atoms with E-state index in [4.69, 9.17) is 5.73 Å². The average Bonchev–Trinajstić information content (AvgIpc) is 2.14. The summed E-state index contributed by atoms with van der Waals surface area (Å²) in [5.74, 6) is -0.662. The Kier molecular flexibility index (Phi) is 3.79. The van der Waals surface area contributed by atoms with Gasteiger partial charge in [-0.2, -0.15) is 13.2 Å². The highest BCUT2D eigenvalue weighted by atomic mass is 79.9. The monoisotopic (exact) mass is 297 g/mol. The van der Waals surface area contributed by atoms with Crippen molar-refractivity contribution in [3.8, 4) is 5.75 Å². The summed E-state index contributed by atoms with van der Waals surface area (Å²) < 4.78 is 40.4. The van der Waals surface area contributed by atoms with Crippen LogP contribution in [0.2, 0.25) is 0 Å². The molecule has 0 fully saturated rings. The van der Waals surface area contributed by atoms with E-state index in [9.17, 15) is 18.0 Å². The first kappa shape index (κ1) is 12.8. The molecule has 0 saturated carbocycles. The van der Waals surface area contributed by atoms with Gasteiger partial charge in [0.2, 0.25) is 5.91 Å². The maximum Gasteiger partial charge on any atom is 0.422 e. The zero-order valence-electron chi connectivity index (χ0n) is 7.84. The second-order valence-electron chi connectivity index (χ2n) is 2.91. The van der Waals surface area contributed by atoms with Crippen LogP contribution in [-0.2, 0) is 0 Å². The van der Waals surface area contributed by atoms with Crippen LogP contribution in [0.15, 0.2) is 22.7 Å². The first-order chi connectivity index (χ1) is 7.29. The van der Waals surface area contributed by atoms with Crippen LogP contribution in [0, 0.1) is 0 Å². The molecule has 0 heterocycles. The molecular formula is C9H7BrF3NO2. The maximum atomic E-state index is 11.9. The van der Waals surface area contributed by atoms with Gasteiger partial charge in [0.05, 0.1) is 4.47 Å². The molecule has 0 aromatic heterocycles. The van der Waals surface area contributed by atoms with Crippen molar-refractivity contribution in [2.75, 3.05) is 6.61 Å². The molecule has 0 radical (unpaired) electrons. The van der Waals surface area contributed by atoms with Crippen molar-refractivity contribution in [3.05, 3.63) is 28.2 Å². The van der Waals surface area contributed by atoms with Gasteiger partial charge in [0.1, 0.15) is 5.75 Å². The molecule has 7 heteroatoms. The van der Waals surface area contributed by atoms with Crippen molar-refractivity contribution in [1.82, 2.24) is 0 Å². The van der Waals surface area contributed by atoms with E-state index in [1.165, 1.54) is 18.2 Å². The minimum Gasteiger partial charge on any atom is -0.483 e. The minimum atomic E-state index is -4.40. The second kappa shape index (κ2) is 4.73. The van der Waals surface area contributed by atoms with Gasteiger partial charge in [-0.25, -0.2) is 0 Å². The third kappa shape index (κ3) is 3.73. The number of hydrogen-bond acceptors (Lipinski definition) is 2. The predicted molar refractivity (Wildman–Crippen MR) is 54.2 cm³/mol. The van der Waals surface area contributed by atoms with E-state index in [0.717, 1.165) is 0 Å². The van der Waals surface area contributed by atoms with Crippen molar-refractivity contribution in [1.29, 1.82) is 0 Å². The van der Waals surface area contributed by atoms with E-state index in [0.29, 0.717) is 0 Å². The number of hydrogen-bond donors (Lipinski definition) is 1. The fraction of sp³-hybridized carbons (Fsp3) is 0.222. The van der Waals surface area contributed by atoms with Crippen LogP contribution in [0.25, 0.3) is 0 Å². The van der Waals surface area contributed by atoms with Crippen LogP contribution in [0.4, 0.5) is 13.2 Å². The molecule has 2 N–H and O–H groups in total. The fourth-order valence-electron chi connectivity index (χ4n) is 0.931. The number of rotatable bonds is 3. The Morgan fingerprint density at radius 2 is 2.06 bits per heavy atom. The summed E-state index contributed by atoms with van der Waals surface area (Å²) in [4.78, 5) is 10.8. The van der Waals surface area contributed by atoms with Gasteiger partial charge in [0.15, 0.2) is 6.61 Å². The molecule has 0 bridgehead atoms. The molecule has 1 rings (SSSR count). The summed E-state index contributed by atoms with van der Waals surface area (Å²) in [6, 6.07) is 3.84. The zero-order chi connectivity index (χ0) is 12.3. The molecule has 1 aromatic rings. The molecule has 3 nitrogen and oxygen atoms in total. The quantitative estimate of drug-likeness (QED) is 0.932. The number of primary amides is 1. The Morgan fingerprint density at radius 3 is 2.50 bits per heavy atom. The summed E-state index contributed by atoms with van der Waals surface area (Å²) in [6.07, 6.45) is -4.40. The Balaban J connectivity index is 2.80. The van der Waals surface area contributed by atoms with Crippen molar-refractivity contribution in [3.63, 3.8) is 0 Å². The second-order valence-corrected chi connectivity index (χ2v) is 3.77. The highest BCUT2D eigenvalue weighted by molar-refractivity contribution is 9.10. The van der Waals surface area contributed by atoms with Gasteiger partial charge in [-0.05, 0) is 34.1 Å². The van der Waals surface area contributed by atoms with Crippen molar-refractivity contribution >= 4 is 21.8 Å². The molecule has 0 unspecified atom stereocenters. The van der Waals surface area contributed by atoms with Gasteiger partial charge in [-0.1, -0.05) is 0 Å². The third-order valence-electron chi connectivity index (χ3n) is 1.61. The SMILES string of the molecule is NC(=O)c1ccc(OCC(F)(F)F)c(Br)c1. The molecule has 0 spiro atoms. The van der Waals surface area contributed by atoms with Crippen LogP contribution in [0.5, 0.6) is 5.75 Å². The Labute approximate surface area is 97.5 Å². The Bertz CT molecular complexity index is 406. The number of ether oxygens (including phenoxy) is 1. The van der Waals surface area contributed by atoms with Crippen LogP contribution < -0.4 is 10.5 Å². The smallest absolute Gasteiger partial charge is 0.422 e. The van der Waals surface area contributed by atoms with E-state index in [-0.39, 0.29) is 15.8 Å². The lowest BCUT2D eigenvalue weighted by Gasteiger charge is -2.10. The molecular weight excluding hydrogens is 291 g/mol. The molecule has 0 atom stereocenters. The summed E-state index contributed by atoms with van der Waals surface area (Å²) >= 11 is 2.98. The topological polar surface area (TPSA) is 52.3 Å². The molecule has 0 aliphatic carbocycles. The fourth-order valence-corrected chi connectivity index (χ4v) is 1.42. The average molecular weight is 298 g/mol. The van der Waals surface area contributed by atoms with Gasteiger partial charge in [0, 0.05) is 5.56 Å². The van der Waals surface area contributed by atoms with Crippen molar-refractivity contribution < 1.29 is 22.7 Å². The molecule has 16 heavy (non-hydrogen) atoms. The number of carbonyl (C=O) groups is 1. The lowest BCUT2D eigenvalue weighted by atomic mass is 10.2. The van der Waals surface area contributed by atoms with Crippen molar-refractivity contribution in [2.24, 2.45) is 5.73 Å². The van der Waals surface area contributed by atoms with E-state index in [2.05, 4.69) is 20.7 Å². The zero-order valence-corrected chi connectivity index (χ0v) is 9.43. The highest BCUT2D eigenvalue weighted by Crippen LogP contribution is 2.27. The normalized spacial score (nSPS) is 11.2. The lowest BCUT2D eigenvalue weighted by molar-refractivity contribution is -0.153. The molecule has 0 aliphatic heterocycles. The van der Waals surface area contributed by atoms with E-state index < -0.39 is 18.7 Å². The van der Waals surface area contributed by atoms with E-state index >= 15 is 0 Å². The number of halogens is 4. The van der Waals surface area contributed by atoms with E-state index in [1.54, 1.807) is 0 Å². The minimum absolute atomic E-state index is 0.00215. The summed E-state index contributed by atoms with van der Waals surface area (Å²) in [5.41, 5.74) is 5.18. The van der Waals surface area contributed by atoms with Crippen LogP contribution in [0.3, 0.4) is 0 Å². The standard InChI is InChI=1S/C9H7BrF3NO2/c10-6-3-5(8(14)15)1-2-7(6)16-4-9(11,12)13/h1-3H,4H2,(H2,14,15). The number of nitrogens with two attached hydrogens (primary N) is 1. The summed E-state index contributed by atoms with van der Waals surface area (Å²) in [7, 11) is 0. The van der Waals surface area contributed by atoms with E-state index in [1.807, 2.05) is 0 Å². The largest absolute Gasteiger partial charge is 0.483 e. The molecule has 1 aromatic carbocycles. The number of benzene rings is 1. The highest BCUT2D eigenvalue weighted by Gasteiger charge is 2.28. The first-order valence-electron chi connectivity index (χ1n) is 4.08. The van der Waals surface area contributed by atoms with Gasteiger partial charge < -0.3 is 10.5 Å². The van der Waals surface area contributed by atoms with Gasteiger partial charge in [-0.3, -0.25) is 4.79 Å². The Morgan fingerprint density at radius 1 is 1.44 bits per heavy atom. The first-order valence-corrected chi connectivity index (χ1v) is 4.88. The molecule has 0 saturated heterocycles. The lowest BCUT2D eigenvalue weighted by Crippen LogP contribution is -2.19. The summed E-state index contributed by atoms with van der Waals surface area (Å²) in [6.45, 7) is -1.39. The number of carbonyl (C=O) groups excluding carboxylic acids is 1. The van der Waals surface area contributed by atoms with Crippen LogP contribution >= 0.6 is 15.9 Å². The van der Waals surface area contributed by atoms with Crippen LogP contribution in [-0.4, -0.2) is 18.7 Å². The molecule has 88 valence electrons. The van der Waals surface area contributed by atoms with Gasteiger partial charge >= 0.3 is 6.18 Å². The summed E-state index contributed by atoms with van der Waals surface area (Å²) in [5, 5.41) is 0. The third-order valence-corrected chi connectivity index (χ3v) is 2.23. The van der Waals surface area contributed by atoms with Crippen molar-refractivity contribution in [2.45, 2.75) is 6.18 Å². The molecule has 1 amide bonds. The van der Waals surface area contributed by atoms with Gasteiger partial charge in [0.25, 0.3) is 0 Å². The number of amides is 1. The Hall–Kier alpha value is -1.24. The predicted octanol–water partition coefficient (Wildman–Crippen LogP) is 2.49.